The van der Waals surface area contributed by atoms with Crippen LogP contribution in [0.1, 0.15) is 65.1 Å². The number of nitrogens with zero attached hydrogens (tertiary/aromatic N) is 2. The van der Waals surface area contributed by atoms with Gasteiger partial charge in [-0.2, -0.15) is 0 Å². The van der Waals surface area contributed by atoms with Crippen molar-refractivity contribution < 1.29 is 28.8 Å². The molecule has 6 amide bonds. The summed E-state index contributed by atoms with van der Waals surface area (Å²) < 4.78 is 0. The van der Waals surface area contributed by atoms with Gasteiger partial charge in [0.1, 0.15) is 18.1 Å². The molecule has 1 aliphatic rings. The van der Waals surface area contributed by atoms with Gasteiger partial charge in [-0.05, 0) is 30.7 Å². The molecular weight excluding hydrogens is 616 g/mol. The molecule has 1 fully saturated rings. The van der Waals surface area contributed by atoms with Crippen molar-refractivity contribution in [3.8, 4) is 0 Å². The standard InChI is InChI=1S/C34H50N8O6/c1-6-22(4)30(34(48)36-16-24-10-8-7-9-11-24)41-32(46)25-12-13-42(19-25)29(44)18-37-31(45)23(5)39-33(47)27(15-26-17-35-20-38-26)40-28(43)14-21(2)3/h7-11,17,20-23,25,27,30H,6,12-16,18-19H2,1-5H3,(H,35,38)(H,36,48)(H,37,45)(H,39,47)(H,40,43)(H,41,46)/t22?,23-,25+,27-,30-/m0/s1. The molecule has 0 saturated carbocycles. The van der Waals surface area contributed by atoms with Gasteiger partial charge in [0.25, 0.3) is 0 Å². The lowest BCUT2D eigenvalue weighted by molar-refractivity contribution is -0.135. The van der Waals surface area contributed by atoms with Crippen LogP contribution < -0.4 is 26.6 Å². The lowest BCUT2D eigenvalue weighted by Gasteiger charge is -2.25. The van der Waals surface area contributed by atoms with Gasteiger partial charge in [0.2, 0.25) is 35.4 Å². The Bertz CT molecular complexity index is 1380. The van der Waals surface area contributed by atoms with Crippen molar-refractivity contribution >= 4 is 35.4 Å². The molecule has 0 spiro atoms. The summed E-state index contributed by atoms with van der Waals surface area (Å²) in [5, 5.41) is 13.7. The monoisotopic (exact) mass is 666 g/mol. The highest BCUT2D eigenvalue weighted by Crippen LogP contribution is 2.18. The molecule has 5 atom stereocenters. The maximum atomic E-state index is 13.2. The zero-order valence-electron chi connectivity index (χ0n) is 28.5. The molecule has 0 radical (unpaired) electrons. The Balaban J connectivity index is 1.47. The van der Waals surface area contributed by atoms with E-state index in [1.807, 2.05) is 58.0 Å². The Kier molecular flexibility index (Phi) is 14.6. The molecule has 48 heavy (non-hydrogen) atoms. The van der Waals surface area contributed by atoms with Gasteiger partial charge in [-0.1, -0.05) is 64.4 Å². The number of rotatable bonds is 17. The minimum atomic E-state index is -0.987. The molecule has 6 N–H and O–H groups in total. The van der Waals surface area contributed by atoms with Gasteiger partial charge in [-0.15, -0.1) is 0 Å². The van der Waals surface area contributed by atoms with Gasteiger partial charge >= 0.3 is 0 Å². The number of hydrogen-bond donors (Lipinski definition) is 6. The second kappa shape index (κ2) is 18.6. The molecule has 3 rings (SSSR count). The first-order valence-corrected chi connectivity index (χ1v) is 16.6. The van der Waals surface area contributed by atoms with E-state index in [1.165, 1.54) is 18.2 Å². The van der Waals surface area contributed by atoms with Crippen LogP contribution in [0.4, 0.5) is 0 Å². The maximum Gasteiger partial charge on any atom is 0.243 e. The molecule has 1 saturated heterocycles. The molecule has 0 aliphatic carbocycles. The molecule has 1 aromatic heterocycles. The number of carbonyl (C=O) groups excluding carboxylic acids is 6. The van der Waals surface area contributed by atoms with Crippen LogP contribution in [-0.4, -0.2) is 88.1 Å². The quantitative estimate of drug-likeness (QED) is 0.144. The Morgan fingerprint density at radius 1 is 0.938 bits per heavy atom. The number of carbonyl (C=O) groups is 6. The summed E-state index contributed by atoms with van der Waals surface area (Å²) in [7, 11) is 0. The van der Waals surface area contributed by atoms with Crippen molar-refractivity contribution in [2.75, 3.05) is 19.6 Å². The SMILES string of the molecule is CCC(C)[C@H](NC(=O)[C@@H]1CCN(C(=O)CNC(=O)[C@H](C)NC(=O)[C@H](Cc2cnc[nH]2)NC(=O)CC(C)C)C1)C(=O)NCc1ccccc1. The first-order valence-electron chi connectivity index (χ1n) is 16.6. The van der Waals surface area contributed by atoms with Gasteiger partial charge < -0.3 is 36.5 Å². The minimum absolute atomic E-state index is 0.0985. The van der Waals surface area contributed by atoms with Crippen molar-refractivity contribution in [1.29, 1.82) is 0 Å². The highest BCUT2D eigenvalue weighted by atomic mass is 16.2. The zero-order chi connectivity index (χ0) is 35.2. The molecule has 1 aromatic carbocycles. The molecule has 1 aliphatic heterocycles. The van der Waals surface area contributed by atoms with Crippen LogP contribution in [0.5, 0.6) is 0 Å². The fourth-order valence-corrected chi connectivity index (χ4v) is 5.33. The molecular formula is C34H50N8O6. The van der Waals surface area contributed by atoms with Gasteiger partial charge in [-0.3, -0.25) is 28.8 Å². The van der Waals surface area contributed by atoms with Gasteiger partial charge in [0, 0.05) is 44.4 Å². The van der Waals surface area contributed by atoms with E-state index in [2.05, 4.69) is 36.6 Å². The highest BCUT2D eigenvalue weighted by molar-refractivity contribution is 5.94. The summed E-state index contributed by atoms with van der Waals surface area (Å²) in [6.45, 7) is 9.68. The Morgan fingerprint density at radius 3 is 2.31 bits per heavy atom. The van der Waals surface area contributed by atoms with Crippen LogP contribution in [0.2, 0.25) is 0 Å². The van der Waals surface area contributed by atoms with Crippen LogP contribution in [0.25, 0.3) is 0 Å². The Hall–Kier alpha value is -4.75. The fourth-order valence-electron chi connectivity index (χ4n) is 5.33. The van der Waals surface area contributed by atoms with E-state index in [-0.39, 0.29) is 61.4 Å². The Morgan fingerprint density at radius 2 is 1.67 bits per heavy atom. The van der Waals surface area contributed by atoms with Crippen molar-refractivity contribution in [3.63, 3.8) is 0 Å². The van der Waals surface area contributed by atoms with Crippen molar-refractivity contribution in [2.24, 2.45) is 17.8 Å². The van der Waals surface area contributed by atoms with Crippen molar-refractivity contribution in [2.45, 2.75) is 85.0 Å². The summed E-state index contributed by atoms with van der Waals surface area (Å²) in [6.07, 6.45) is 4.54. The third-order valence-corrected chi connectivity index (χ3v) is 8.40. The van der Waals surface area contributed by atoms with Crippen LogP contribution in [0, 0.1) is 17.8 Å². The second-order valence-electron chi connectivity index (χ2n) is 12.8. The predicted octanol–water partition coefficient (Wildman–Crippen LogP) is 0.800. The van der Waals surface area contributed by atoms with E-state index in [0.717, 1.165) is 5.56 Å². The van der Waals surface area contributed by atoms with Crippen molar-refractivity contribution in [1.82, 2.24) is 41.5 Å². The van der Waals surface area contributed by atoms with E-state index in [1.54, 1.807) is 6.20 Å². The van der Waals surface area contributed by atoms with E-state index in [0.29, 0.717) is 31.6 Å². The molecule has 14 nitrogen and oxygen atoms in total. The van der Waals surface area contributed by atoms with Crippen LogP contribution in [0.3, 0.4) is 0 Å². The normalized spacial score (nSPS) is 16.7. The van der Waals surface area contributed by atoms with Crippen LogP contribution in [0.15, 0.2) is 42.9 Å². The van der Waals surface area contributed by atoms with Crippen LogP contribution in [-0.2, 0) is 41.7 Å². The van der Waals surface area contributed by atoms with E-state index in [9.17, 15) is 28.8 Å². The average molecular weight is 667 g/mol. The van der Waals surface area contributed by atoms with Gasteiger partial charge in [0.15, 0.2) is 0 Å². The topological polar surface area (TPSA) is 194 Å². The number of likely N-dealkylation sites (tertiary alicyclic amines) is 1. The maximum absolute atomic E-state index is 13.2. The first kappa shape index (κ1) is 37.7. The molecule has 262 valence electrons. The summed E-state index contributed by atoms with van der Waals surface area (Å²) in [5.41, 5.74) is 1.59. The number of imidazole rings is 1. The van der Waals surface area contributed by atoms with E-state index in [4.69, 9.17) is 0 Å². The van der Waals surface area contributed by atoms with Gasteiger partial charge in [0.05, 0.1) is 18.8 Å². The summed E-state index contributed by atoms with van der Waals surface area (Å²) >= 11 is 0. The molecule has 2 heterocycles. The minimum Gasteiger partial charge on any atom is -0.350 e. The zero-order valence-corrected chi connectivity index (χ0v) is 28.5. The number of benzene rings is 1. The lowest BCUT2D eigenvalue weighted by Crippen LogP contribution is -2.54. The van der Waals surface area contributed by atoms with E-state index >= 15 is 0 Å². The third-order valence-electron chi connectivity index (χ3n) is 8.40. The second-order valence-corrected chi connectivity index (χ2v) is 12.8. The number of H-pyrrole nitrogens is 1. The largest absolute Gasteiger partial charge is 0.350 e. The lowest BCUT2D eigenvalue weighted by atomic mass is 9.97. The first-order chi connectivity index (χ1) is 22.9. The third kappa shape index (κ3) is 11.8. The highest BCUT2D eigenvalue weighted by Gasteiger charge is 2.34. The number of amides is 6. The van der Waals surface area contributed by atoms with Crippen molar-refractivity contribution in [3.05, 3.63) is 54.1 Å². The molecule has 2 aromatic rings. The smallest absolute Gasteiger partial charge is 0.243 e. The summed E-state index contributed by atoms with van der Waals surface area (Å²) in [5.74, 6) is -2.82. The summed E-state index contributed by atoms with van der Waals surface area (Å²) in [6, 6.07) is 6.88. The average Bonchev–Trinajstić information content (AvgIpc) is 3.77. The molecule has 1 unspecified atom stereocenters. The van der Waals surface area contributed by atoms with E-state index < -0.39 is 35.9 Å². The Labute approximate surface area is 282 Å². The number of hydrogen-bond acceptors (Lipinski definition) is 7. The predicted molar refractivity (Wildman–Crippen MR) is 179 cm³/mol. The molecule has 0 bridgehead atoms. The molecule has 14 heteroatoms. The van der Waals surface area contributed by atoms with Crippen LogP contribution >= 0.6 is 0 Å². The number of aromatic nitrogens is 2. The van der Waals surface area contributed by atoms with Gasteiger partial charge in [-0.25, -0.2) is 4.98 Å². The number of nitrogens with one attached hydrogen (secondary N) is 6. The summed E-state index contributed by atoms with van der Waals surface area (Å²) in [4.78, 5) is 85.8. The fraction of sp³-hybridized carbons (Fsp3) is 0.559. The number of aromatic amines is 1.